The number of hydrogen-bond donors (Lipinski definition) is 1. The van der Waals surface area contributed by atoms with Crippen LogP contribution in [0, 0.1) is 10.1 Å². The van der Waals surface area contributed by atoms with Crippen molar-refractivity contribution in [2.45, 2.75) is 38.3 Å². The van der Waals surface area contributed by atoms with Crippen LogP contribution in [-0.2, 0) is 4.79 Å². The van der Waals surface area contributed by atoms with Crippen molar-refractivity contribution in [1.82, 2.24) is 4.90 Å². The second-order valence-corrected chi connectivity index (χ2v) is 5.52. The van der Waals surface area contributed by atoms with Crippen molar-refractivity contribution in [2.75, 3.05) is 13.2 Å². The standard InChI is InChI=1S/C15H21N3O4.ClH/c1-11(16)12-6-4-5-9-17(12)15(19)10-22-14-8-3-2-7-13(14)18(20)21;/h2-3,7-8,11-12H,4-6,9-10,16H2,1H3;1H. The van der Waals surface area contributed by atoms with E-state index in [4.69, 9.17) is 10.5 Å². The molecule has 23 heavy (non-hydrogen) atoms. The Labute approximate surface area is 141 Å². The lowest BCUT2D eigenvalue weighted by atomic mass is 9.97. The molecule has 2 N–H and O–H groups in total. The Morgan fingerprint density at radius 2 is 2.17 bits per heavy atom. The molecule has 0 radical (unpaired) electrons. The number of amides is 1. The molecule has 0 aliphatic carbocycles. The lowest BCUT2D eigenvalue weighted by molar-refractivity contribution is -0.385. The number of nitrogens with zero attached hydrogens (tertiary/aromatic N) is 2. The Bertz CT molecular complexity index is 553. The van der Waals surface area contributed by atoms with Gasteiger partial charge in [-0.15, -0.1) is 12.4 Å². The quantitative estimate of drug-likeness (QED) is 0.652. The van der Waals surface area contributed by atoms with E-state index < -0.39 is 4.92 Å². The molecule has 1 heterocycles. The number of para-hydroxylation sites is 2. The summed E-state index contributed by atoms with van der Waals surface area (Å²) in [4.78, 5) is 24.5. The van der Waals surface area contributed by atoms with E-state index in [0.717, 1.165) is 19.3 Å². The molecule has 7 nitrogen and oxygen atoms in total. The number of carbonyl (C=O) groups excluding carboxylic acids is 1. The molecule has 0 spiro atoms. The molecule has 1 saturated heterocycles. The maximum Gasteiger partial charge on any atom is 0.310 e. The van der Waals surface area contributed by atoms with Gasteiger partial charge in [-0.05, 0) is 32.3 Å². The van der Waals surface area contributed by atoms with E-state index in [9.17, 15) is 14.9 Å². The number of hydrogen-bond acceptors (Lipinski definition) is 5. The lowest BCUT2D eigenvalue weighted by Gasteiger charge is -2.37. The minimum Gasteiger partial charge on any atom is -0.477 e. The van der Waals surface area contributed by atoms with Crippen molar-refractivity contribution in [3.63, 3.8) is 0 Å². The molecule has 1 fully saturated rings. The number of halogens is 1. The van der Waals surface area contributed by atoms with Gasteiger partial charge in [0.1, 0.15) is 0 Å². The maximum absolute atomic E-state index is 12.3. The molecule has 1 aliphatic heterocycles. The highest BCUT2D eigenvalue weighted by Crippen LogP contribution is 2.26. The van der Waals surface area contributed by atoms with Crippen LogP contribution >= 0.6 is 12.4 Å². The number of nitrogens with two attached hydrogens (primary N) is 1. The second-order valence-electron chi connectivity index (χ2n) is 5.52. The van der Waals surface area contributed by atoms with Crippen LogP contribution in [-0.4, -0.2) is 41.0 Å². The number of nitro groups is 1. The Hall–Kier alpha value is -1.86. The summed E-state index contributed by atoms with van der Waals surface area (Å²) in [7, 11) is 0. The minimum atomic E-state index is -0.522. The number of rotatable bonds is 5. The third-order valence-corrected chi connectivity index (χ3v) is 3.89. The fourth-order valence-electron chi connectivity index (χ4n) is 2.77. The summed E-state index contributed by atoms with van der Waals surface area (Å²) < 4.78 is 5.37. The van der Waals surface area contributed by atoms with Gasteiger partial charge in [-0.3, -0.25) is 14.9 Å². The van der Waals surface area contributed by atoms with Crippen molar-refractivity contribution in [3.05, 3.63) is 34.4 Å². The highest BCUT2D eigenvalue weighted by atomic mass is 35.5. The van der Waals surface area contributed by atoms with Gasteiger partial charge in [-0.2, -0.15) is 0 Å². The molecule has 1 aromatic rings. The second kappa shape index (κ2) is 8.69. The Morgan fingerprint density at radius 1 is 1.48 bits per heavy atom. The Balaban J connectivity index is 0.00000264. The Morgan fingerprint density at radius 3 is 2.83 bits per heavy atom. The number of piperidine rings is 1. The summed E-state index contributed by atoms with van der Waals surface area (Å²) in [6.45, 7) is 2.33. The van der Waals surface area contributed by atoms with Gasteiger partial charge in [-0.1, -0.05) is 12.1 Å². The van der Waals surface area contributed by atoms with E-state index >= 15 is 0 Å². The van der Waals surface area contributed by atoms with Crippen LogP contribution in [0.1, 0.15) is 26.2 Å². The summed E-state index contributed by atoms with van der Waals surface area (Å²) in [6.07, 6.45) is 2.89. The van der Waals surface area contributed by atoms with E-state index in [1.807, 2.05) is 6.92 Å². The third-order valence-electron chi connectivity index (χ3n) is 3.89. The Kier molecular flexibility index (Phi) is 7.25. The molecule has 2 rings (SSSR count). The zero-order chi connectivity index (χ0) is 16.1. The van der Waals surface area contributed by atoms with E-state index in [-0.39, 0.29) is 48.4 Å². The highest BCUT2D eigenvalue weighted by Gasteiger charge is 2.29. The fourth-order valence-corrected chi connectivity index (χ4v) is 2.77. The van der Waals surface area contributed by atoms with Crippen LogP contribution in [0.3, 0.4) is 0 Å². The summed E-state index contributed by atoms with van der Waals surface area (Å²) in [6, 6.07) is 5.95. The van der Waals surface area contributed by atoms with Gasteiger partial charge in [0, 0.05) is 24.7 Å². The number of carbonyl (C=O) groups is 1. The van der Waals surface area contributed by atoms with E-state index in [2.05, 4.69) is 0 Å². The zero-order valence-electron chi connectivity index (χ0n) is 13.0. The predicted octanol–water partition coefficient (Wildman–Crippen LogP) is 2.12. The summed E-state index contributed by atoms with van der Waals surface area (Å²) in [5.74, 6) is -0.0737. The molecular formula is C15H22ClN3O4. The van der Waals surface area contributed by atoms with Crippen LogP contribution in [0.5, 0.6) is 5.75 Å². The molecule has 1 aromatic carbocycles. The van der Waals surface area contributed by atoms with Crippen molar-refractivity contribution in [1.29, 1.82) is 0 Å². The third kappa shape index (κ3) is 4.80. The lowest BCUT2D eigenvalue weighted by Crippen LogP contribution is -2.52. The van der Waals surface area contributed by atoms with Gasteiger partial charge in [0.15, 0.2) is 12.4 Å². The number of likely N-dealkylation sites (tertiary alicyclic amines) is 1. The minimum absolute atomic E-state index is 0. The van der Waals surface area contributed by atoms with Gasteiger partial charge >= 0.3 is 5.69 Å². The molecule has 1 aliphatic rings. The van der Waals surface area contributed by atoms with Crippen LogP contribution in [0.25, 0.3) is 0 Å². The summed E-state index contributed by atoms with van der Waals surface area (Å²) in [5.41, 5.74) is 5.80. The van der Waals surface area contributed by atoms with E-state index in [1.54, 1.807) is 17.0 Å². The van der Waals surface area contributed by atoms with Gasteiger partial charge in [0.2, 0.25) is 0 Å². The average molecular weight is 344 g/mol. The van der Waals surface area contributed by atoms with Gasteiger partial charge in [-0.25, -0.2) is 0 Å². The number of nitro benzene ring substituents is 1. The van der Waals surface area contributed by atoms with Gasteiger partial charge < -0.3 is 15.4 Å². The van der Waals surface area contributed by atoms with Crippen molar-refractivity contribution >= 4 is 24.0 Å². The molecule has 0 bridgehead atoms. The van der Waals surface area contributed by atoms with Crippen LogP contribution in [0.15, 0.2) is 24.3 Å². The molecule has 1 amide bonds. The first-order valence-corrected chi connectivity index (χ1v) is 7.42. The van der Waals surface area contributed by atoms with Crippen molar-refractivity contribution in [3.8, 4) is 5.75 Å². The first-order chi connectivity index (χ1) is 10.5. The van der Waals surface area contributed by atoms with Gasteiger partial charge in [0.05, 0.1) is 4.92 Å². The van der Waals surface area contributed by atoms with Crippen molar-refractivity contribution < 1.29 is 14.5 Å². The fraction of sp³-hybridized carbons (Fsp3) is 0.533. The van der Waals surface area contributed by atoms with Gasteiger partial charge in [0.25, 0.3) is 5.91 Å². The number of ether oxygens (including phenoxy) is 1. The monoisotopic (exact) mass is 343 g/mol. The van der Waals surface area contributed by atoms with Crippen LogP contribution < -0.4 is 10.5 Å². The van der Waals surface area contributed by atoms with E-state index in [1.165, 1.54) is 12.1 Å². The topological polar surface area (TPSA) is 98.7 Å². The average Bonchev–Trinajstić information content (AvgIpc) is 2.52. The normalized spacial score (nSPS) is 18.7. The molecule has 8 heteroatoms. The highest BCUT2D eigenvalue weighted by molar-refractivity contribution is 5.85. The largest absolute Gasteiger partial charge is 0.477 e. The van der Waals surface area contributed by atoms with Crippen molar-refractivity contribution in [2.24, 2.45) is 5.73 Å². The smallest absolute Gasteiger partial charge is 0.310 e. The SMILES string of the molecule is CC(N)C1CCCCN1C(=O)COc1ccccc1[N+](=O)[O-].Cl. The molecule has 0 saturated carbocycles. The van der Waals surface area contributed by atoms with Crippen LogP contribution in [0.4, 0.5) is 5.69 Å². The van der Waals surface area contributed by atoms with E-state index in [0.29, 0.717) is 6.54 Å². The molecule has 0 aromatic heterocycles. The molecule has 2 unspecified atom stereocenters. The molecule has 2 atom stereocenters. The predicted molar refractivity (Wildman–Crippen MR) is 88.8 cm³/mol. The first kappa shape index (κ1) is 19.2. The maximum atomic E-state index is 12.3. The number of benzene rings is 1. The van der Waals surface area contributed by atoms with Crippen LogP contribution in [0.2, 0.25) is 0 Å². The summed E-state index contributed by atoms with van der Waals surface area (Å²) in [5, 5.41) is 10.9. The molecular weight excluding hydrogens is 322 g/mol. The first-order valence-electron chi connectivity index (χ1n) is 7.42. The zero-order valence-corrected chi connectivity index (χ0v) is 13.8. The summed E-state index contributed by atoms with van der Waals surface area (Å²) >= 11 is 0. The molecule has 128 valence electrons.